The number of hydrogen-bond donors (Lipinski definition) is 2. The smallest absolute Gasteiger partial charge is 0.254 e. The second-order valence-corrected chi connectivity index (χ2v) is 9.05. The van der Waals surface area contributed by atoms with E-state index >= 15 is 0 Å². The Kier molecular flexibility index (Phi) is 7.72. The van der Waals surface area contributed by atoms with Crippen LogP contribution < -0.4 is 20.3 Å². The molecule has 0 spiro atoms. The standard InChI is InChI=1S/C24H30ClN7O3/c1-4-21(33)28-19-6-5-16(13-20(19)31-11-9-30(2)10-12-31)23(34)32-8-7-17(15-32)27-24-26-14-18(25)22(29-24)35-3/h4-6,13-14,17H,1,7-12,15H2,2-3H3,(H,28,33)(H,26,27,29). The van der Waals surface area contributed by atoms with Gasteiger partial charge in [-0.3, -0.25) is 9.59 Å². The molecular formula is C24H30ClN7O3. The van der Waals surface area contributed by atoms with Gasteiger partial charge in [0.15, 0.2) is 0 Å². The first-order valence-electron chi connectivity index (χ1n) is 11.5. The minimum atomic E-state index is -0.283. The van der Waals surface area contributed by atoms with Crippen LogP contribution in [0.2, 0.25) is 5.02 Å². The van der Waals surface area contributed by atoms with Crippen LogP contribution in [-0.2, 0) is 4.79 Å². The van der Waals surface area contributed by atoms with E-state index in [0.717, 1.165) is 38.3 Å². The average Bonchev–Trinajstić information content (AvgIpc) is 3.34. The van der Waals surface area contributed by atoms with E-state index in [1.165, 1.54) is 19.4 Å². The van der Waals surface area contributed by atoms with E-state index in [2.05, 4.69) is 44.0 Å². The van der Waals surface area contributed by atoms with Crippen molar-refractivity contribution in [2.75, 3.05) is 69.0 Å². The van der Waals surface area contributed by atoms with Gasteiger partial charge in [-0.2, -0.15) is 4.98 Å². The van der Waals surface area contributed by atoms with Crippen LogP contribution in [0.3, 0.4) is 0 Å². The second kappa shape index (κ2) is 10.9. The quantitative estimate of drug-likeness (QED) is 0.560. The Hall–Kier alpha value is -3.37. The zero-order valence-corrected chi connectivity index (χ0v) is 20.7. The number of likely N-dealkylation sites (tertiary alicyclic amines) is 1. The van der Waals surface area contributed by atoms with Gasteiger partial charge in [-0.15, -0.1) is 0 Å². The van der Waals surface area contributed by atoms with E-state index in [9.17, 15) is 9.59 Å². The molecule has 1 aromatic heterocycles. The van der Waals surface area contributed by atoms with Crippen LogP contribution in [0, 0.1) is 0 Å². The molecule has 0 aliphatic carbocycles. The van der Waals surface area contributed by atoms with Gasteiger partial charge in [0.05, 0.1) is 24.7 Å². The number of piperazine rings is 1. The van der Waals surface area contributed by atoms with Crippen molar-refractivity contribution >= 4 is 40.7 Å². The van der Waals surface area contributed by atoms with Gasteiger partial charge in [-0.25, -0.2) is 4.98 Å². The summed E-state index contributed by atoms with van der Waals surface area (Å²) in [5, 5.41) is 6.47. The Morgan fingerprint density at radius 2 is 2.00 bits per heavy atom. The van der Waals surface area contributed by atoms with Crippen molar-refractivity contribution in [1.82, 2.24) is 19.8 Å². The number of aromatic nitrogens is 2. The molecule has 2 saturated heterocycles. The van der Waals surface area contributed by atoms with Crippen molar-refractivity contribution in [3.05, 3.63) is 47.6 Å². The van der Waals surface area contributed by atoms with Crippen molar-refractivity contribution < 1.29 is 14.3 Å². The third-order valence-electron chi connectivity index (χ3n) is 6.25. The second-order valence-electron chi connectivity index (χ2n) is 8.65. The summed E-state index contributed by atoms with van der Waals surface area (Å²) in [7, 11) is 3.58. The third-order valence-corrected chi connectivity index (χ3v) is 6.51. The number of ether oxygens (including phenoxy) is 1. The van der Waals surface area contributed by atoms with Gasteiger partial charge in [0.1, 0.15) is 5.02 Å². The number of likely N-dealkylation sites (N-methyl/N-ethyl adjacent to an activating group) is 1. The highest BCUT2D eigenvalue weighted by molar-refractivity contribution is 6.31. The lowest BCUT2D eigenvalue weighted by atomic mass is 10.1. The molecule has 2 aromatic rings. The SMILES string of the molecule is C=CC(=O)Nc1ccc(C(=O)N2CCC(Nc3ncc(Cl)c(OC)n3)C2)cc1N1CCN(C)CC1. The Bertz CT molecular complexity index is 1100. The molecule has 2 fully saturated rings. The van der Waals surface area contributed by atoms with Gasteiger partial charge in [-0.05, 0) is 37.7 Å². The molecule has 10 nitrogen and oxygen atoms in total. The lowest BCUT2D eigenvalue weighted by molar-refractivity contribution is -0.111. The van der Waals surface area contributed by atoms with Crippen LogP contribution in [-0.4, -0.2) is 91.0 Å². The number of methoxy groups -OCH3 is 1. The minimum absolute atomic E-state index is 0.00749. The number of nitrogens with zero attached hydrogens (tertiary/aromatic N) is 5. The fourth-order valence-corrected chi connectivity index (χ4v) is 4.42. The van der Waals surface area contributed by atoms with E-state index in [4.69, 9.17) is 16.3 Å². The van der Waals surface area contributed by atoms with E-state index in [-0.39, 0.29) is 17.9 Å². The number of carbonyl (C=O) groups is 2. The fourth-order valence-electron chi connectivity index (χ4n) is 4.25. The minimum Gasteiger partial charge on any atom is -0.480 e. The highest BCUT2D eigenvalue weighted by Crippen LogP contribution is 2.30. The molecular weight excluding hydrogens is 470 g/mol. The first kappa shape index (κ1) is 24.7. The first-order chi connectivity index (χ1) is 16.9. The molecule has 1 aromatic carbocycles. The molecule has 0 saturated carbocycles. The number of anilines is 3. The van der Waals surface area contributed by atoms with Crippen molar-refractivity contribution in [2.45, 2.75) is 12.5 Å². The van der Waals surface area contributed by atoms with Crippen LogP contribution >= 0.6 is 11.6 Å². The number of carbonyl (C=O) groups excluding carboxylic acids is 2. The number of benzene rings is 1. The van der Waals surface area contributed by atoms with E-state index in [1.807, 2.05) is 11.0 Å². The third kappa shape index (κ3) is 5.83. The average molecular weight is 500 g/mol. The van der Waals surface area contributed by atoms with Gasteiger partial charge < -0.3 is 30.1 Å². The van der Waals surface area contributed by atoms with Crippen LogP contribution in [0.4, 0.5) is 17.3 Å². The monoisotopic (exact) mass is 499 g/mol. The summed E-state index contributed by atoms with van der Waals surface area (Å²) in [5.74, 6) is 0.371. The highest BCUT2D eigenvalue weighted by atomic mass is 35.5. The maximum Gasteiger partial charge on any atom is 0.254 e. The van der Waals surface area contributed by atoms with Gasteiger partial charge >= 0.3 is 0 Å². The number of nitrogens with one attached hydrogen (secondary N) is 2. The maximum atomic E-state index is 13.4. The number of halogens is 1. The summed E-state index contributed by atoms with van der Waals surface area (Å²) in [6.45, 7) is 8.10. The molecule has 1 unspecified atom stereocenters. The first-order valence-corrected chi connectivity index (χ1v) is 11.9. The van der Waals surface area contributed by atoms with Crippen molar-refractivity contribution in [3.63, 3.8) is 0 Å². The van der Waals surface area contributed by atoms with Crippen LogP contribution in [0.1, 0.15) is 16.8 Å². The molecule has 2 aliphatic heterocycles. The number of amides is 2. The lowest BCUT2D eigenvalue weighted by Crippen LogP contribution is -2.44. The van der Waals surface area contributed by atoms with E-state index in [0.29, 0.717) is 41.2 Å². The van der Waals surface area contributed by atoms with Crippen LogP contribution in [0.5, 0.6) is 5.88 Å². The van der Waals surface area contributed by atoms with Crippen molar-refractivity contribution in [3.8, 4) is 5.88 Å². The van der Waals surface area contributed by atoms with Gasteiger partial charge in [0.2, 0.25) is 17.7 Å². The van der Waals surface area contributed by atoms with Gasteiger partial charge in [-0.1, -0.05) is 18.2 Å². The number of rotatable bonds is 7. The van der Waals surface area contributed by atoms with Crippen LogP contribution in [0.25, 0.3) is 0 Å². The molecule has 186 valence electrons. The van der Waals surface area contributed by atoms with E-state index < -0.39 is 0 Å². The number of hydrogen-bond acceptors (Lipinski definition) is 8. The fraction of sp³-hybridized carbons (Fsp3) is 0.417. The molecule has 1 atom stereocenters. The van der Waals surface area contributed by atoms with Crippen molar-refractivity contribution in [1.29, 1.82) is 0 Å². The Morgan fingerprint density at radius 1 is 1.23 bits per heavy atom. The molecule has 0 radical (unpaired) electrons. The molecule has 2 aliphatic rings. The molecule has 3 heterocycles. The molecule has 2 N–H and O–H groups in total. The zero-order chi connectivity index (χ0) is 24.9. The summed E-state index contributed by atoms with van der Waals surface area (Å²) >= 11 is 6.00. The normalized spacial score (nSPS) is 18.3. The highest BCUT2D eigenvalue weighted by Gasteiger charge is 2.29. The Labute approximate surface area is 209 Å². The van der Waals surface area contributed by atoms with Gasteiger partial charge in [0.25, 0.3) is 5.91 Å². The maximum absolute atomic E-state index is 13.4. The Morgan fingerprint density at radius 3 is 2.71 bits per heavy atom. The lowest BCUT2D eigenvalue weighted by Gasteiger charge is -2.35. The molecule has 35 heavy (non-hydrogen) atoms. The zero-order valence-electron chi connectivity index (χ0n) is 20.0. The molecule has 2 amide bonds. The molecule has 0 bridgehead atoms. The topological polar surface area (TPSA) is 103 Å². The predicted molar refractivity (Wildman–Crippen MR) is 137 cm³/mol. The summed E-state index contributed by atoms with van der Waals surface area (Å²) in [6.07, 6.45) is 3.49. The summed E-state index contributed by atoms with van der Waals surface area (Å²) in [6, 6.07) is 5.43. The molecule has 11 heteroatoms. The molecule has 4 rings (SSSR count). The summed E-state index contributed by atoms with van der Waals surface area (Å²) in [4.78, 5) is 40.1. The largest absolute Gasteiger partial charge is 0.480 e. The van der Waals surface area contributed by atoms with Gasteiger partial charge in [0, 0.05) is 50.9 Å². The van der Waals surface area contributed by atoms with Crippen molar-refractivity contribution in [2.24, 2.45) is 0 Å². The Balaban J connectivity index is 1.48. The van der Waals surface area contributed by atoms with Crippen LogP contribution in [0.15, 0.2) is 37.1 Å². The van der Waals surface area contributed by atoms with E-state index in [1.54, 1.807) is 12.1 Å². The summed E-state index contributed by atoms with van der Waals surface area (Å²) < 4.78 is 5.15. The summed E-state index contributed by atoms with van der Waals surface area (Å²) in [5.41, 5.74) is 2.10. The predicted octanol–water partition coefficient (Wildman–Crippen LogP) is 2.34.